The predicted octanol–water partition coefficient (Wildman–Crippen LogP) is 3.41. The van der Waals surface area contributed by atoms with Gasteiger partial charge in [-0.3, -0.25) is 4.79 Å². The lowest BCUT2D eigenvalue weighted by atomic mass is 10.0. The van der Waals surface area contributed by atoms with E-state index in [2.05, 4.69) is 25.2 Å². The van der Waals surface area contributed by atoms with Gasteiger partial charge in [0.05, 0.1) is 6.54 Å². The third-order valence-corrected chi connectivity index (χ3v) is 3.29. The number of carbonyl (C=O) groups excluding carboxylic acids is 1. The number of Topliss-reactive ketones (excluding diaryl/α,β-unsaturated/α-hetero) is 1. The highest BCUT2D eigenvalue weighted by molar-refractivity contribution is 6.01. The number of carbonyl (C=O) groups is 1. The molecule has 0 bridgehead atoms. The Morgan fingerprint density at radius 1 is 1.17 bits per heavy atom. The van der Waals surface area contributed by atoms with Crippen LogP contribution >= 0.6 is 0 Å². The summed E-state index contributed by atoms with van der Waals surface area (Å²) < 4.78 is 0. The van der Waals surface area contributed by atoms with Crippen molar-refractivity contribution < 1.29 is 4.79 Å². The summed E-state index contributed by atoms with van der Waals surface area (Å²) in [4.78, 5) is 12.0. The SMILES string of the molecule is CCC(C)NCC(=O)c1ccc2ccccc2c1. The zero-order valence-corrected chi connectivity index (χ0v) is 10.9. The van der Waals surface area contributed by atoms with Crippen molar-refractivity contribution in [2.75, 3.05) is 6.54 Å². The van der Waals surface area contributed by atoms with Gasteiger partial charge in [-0.15, -0.1) is 0 Å². The number of fused-ring (bicyclic) bond motifs is 1. The number of hydrogen-bond acceptors (Lipinski definition) is 2. The number of nitrogens with one attached hydrogen (secondary N) is 1. The van der Waals surface area contributed by atoms with Crippen LogP contribution in [0.2, 0.25) is 0 Å². The first-order chi connectivity index (χ1) is 8.70. The Labute approximate surface area is 108 Å². The minimum Gasteiger partial charge on any atom is -0.307 e. The summed E-state index contributed by atoms with van der Waals surface area (Å²) in [6, 6.07) is 14.4. The maximum atomic E-state index is 12.0. The van der Waals surface area contributed by atoms with E-state index in [1.807, 2.05) is 36.4 Å². The monoisotopic (exact) mass is 241 g/mol. The molecule has 0 spiro atoms. The van der Waals surface area contributed by atoms with E-state index >= 15 is 0 Å². The topological polar surface area (TPSA) is 29.1 Å². The molecule has 1 N–H and O–H groups in total. The third kappa shape index (κ3) is 2.96. The lowest BCUT2D eigenvalue weighted by Crippen LogP contribution is -2.30. The Morgan fingerprint density at radius 2 is 1.89 bits per heavy atom. The van der Waals surface area contributed by atoms with Gasteiger partial charge in [0.1, 0.15) is 0 Å². The Kier molecular flexibility index (Phi) is 4.11. The Morgan fingerprint density at radius 3 is 2.61 bits per heavy atom. The summed E-state index contributed by atoms with van der Waals surface area (Å²) >= 11 is 0. The van der Waals surface area contributed by atoms with Crippen molar-refractivity contribution in [2.24, 2.45) is 0 Å². The molecule has 2 nitrogen and oxygen atoms in total. The van der Waals surface area contributed by atoms with E-state index in [1.54, 1.807) is 0 Å². The smallest absolute Gasteiger partial charge is 0.176 e. The summed E-state index contributed by atoms with van der Waals surface area (Å²) in [6.45, 7) is 4.61. The maximum absolute atomic E-state index is 12.0. The molecule has 0 fully saturated rings. The molecule has 18 heavy (non-hydrogen) atoms. The zero-order chi connectivity index (χ0) is 13.0. The molecule has 1 atom stereocenters. The largest absolute Gasteiger partial charge is 0.307 e. The molecule has 1 unspecified atom stereocenters. The van der Waals surface area contributed by atoms with Gasteiger partial charge in [0.15, 0.2) is 5.78 Å². The molecular formula is C16H19NO. The number of ketones is 1. The van der Waals surface area contributed by atoms with Gasteiger partial charge in [0.25, 0.3) is 0 Å². The van der Waals surface area contributed by atoms with Crippen LogP contribution in [0.25, 0.3) is 10.8 Å². The second-order valence-corrected chi connectivity index (χ2v) is 4.68. The number of benzene rings is 2. The lowest BCUT2D eigenvalue weighted by molar-refractivity contribution is 0.0988. The first kappa shape index (κ1) is 12.8. The molecule has 0 saturated heterocycles. The summed E-state index contributed by atoms with van der Waals surface area (Å²) in [6.07, 6.45) is 1.03. The van der Waals surface area contributed by atoms with Crippen LogP contribution in [0.15, 0.2) is 42.5 Å². The van der Waals surface area contributed by atoms with Crippen molar-refractivity contribution >= 4 is 16.6 Å². The van der Waals surface area contributed by atoms with Crippen LogP contribution in [0.4, 0.5) is 0 Å². The third-order valence-electron chi connectivity index (χ3n) is 3.29. The highest BCUT2D eigenvalue weighted by Gasteiger charge is 2.07. The highest BCUT2D eigenvalue weighted by Crippen LogP contribution is 2.15. The number of rotatable bonds is 5. The van der Waals surface area contributed by atoms with Gasteiger partial charge >= 0.3 is 0 Å². The van der Waals surface area contributed by atoms with Crippen molar-refractivity contribution in [1.29, 1.82) is 0 Å². The van der Waals surface area contributed by atoms with E-state index in [0.29, 0.717) is 12.6 Å². The van der Waals surface area contributed by atoms with Gasteiger partial charge in [-0.2, -0.15) is 0 Å². The molecule has 2 aromatic carbocycles. The molecule has 2 aromatic rings. The van der Waals surface area contributed by atoms with Crippen LogP contribution in [-0.2, 0) is 0 Å². The first-order valence-electron chi connectivity index (χ1n) is 6.46. The molecular weight excluding hydrogens is 222 g/mol. The van der Waals surface area contributed by atoms with E-state index in [-0.39, 0.29) is 5.78 Å². The lowest BCUT2D eigenvalue weighted by Gasteiger charge is -2.10. The van der Waals surface area contributed by atoms with E-state index in [4.69, 9.17) is 0 Å². The first-order valence-corrected chi connectivity index (χ1v) is 6.46. The molecule has 0 aliphatic carbocycles. The van der Waals surface area contributed by atoms with Crippen molar-refractivity contribution in [2.45, 2.75) is 26.3 Å². The summed E-state index contributed by atoms with van der Waals surface area (Å²) in [5.41, 5.74) is 0.782. The molecule has 2 heteroatoms. The van der Waals surface area contributed by atoms with E-state index in [1.165, 1.54) is 5.39 Å². The molecule has 2 rings (SSSR count). The number of hydrogen-bond donors (Lipinski definition) is 1. The molecule has 0 heterocycles. The molecule has 0 aliphatic heterocycles. The fourth-order valence-electron chi connectivity index (χ4n) is 1.88. The van der Waals surface area contributed by atoms with Gasteiger partial charge < -0.3 is 5.32 Å². The van der Waals surface area contributed by atoms with Gasteiger partial charge in [0, 0.05) is 11.6 Å². The fourth-order valence-corrected chi connectivity index (χ4v) is 1.88. The maximum Gasteiger partial charge on any atom is 0.176 e. The second-order valence-electron chi connectivity index (χ2n) is 4.68. The van der Waals surface area contributed by atoms with Gasteiger partial charge in [-0.05, 0) is 30.2 Å². The van der Waals surface area contributed by atoms with E-state index < -0.39 is 0 Å². The Hall–Kier alpha value is -1.67. The Bertz CT molecular complexity index is 548. The normalized spacial score (nSPS) is 12.6. The summed E-state index contributed by atoms with van der Waals surface area (Å²) in [5.74, 6) is 0.154. The second kappa shape index (κ2) is 5.78. The average Bonchev–Trinajstić information content (AvgIpc) is 2.43. The van der Waals surface area contributed by atoms with Crippen LogP contribution in [0.1, 0.15) is 30.6 Å². The van der Waals surface area contributed by atoms with Crippen LogP contribution in [0.5, 0.6) is 0 Å². The molecule has 0 saturated carbocycles. The molecule has 0 amide bonds. The Balaban J connectivity index is 2.13. The highest BCUT2D eigenvalue weighted by atomic mass is 16.1. The summed E-state index contributed by atoms with van der Waals surface area (Å²) in [7, 11) is 0. The van der Waals surface area contributed by atoms with Crippen LogP contribution in [-0.4, -0.2) is 18.4 Å². The van der Waals surface area contributed by atoms with Gasteiger partial charge in [0.2, 0.25) is 0 Å². The fraction of sp³-hybridized carbons (Fsp3) is 0.312. The summed E-state index contributed by atoms with van der Waals surface area (Å²) in [5, 5.41) is 5.52. The van der Waals surface area contributed by atoms with E-state index in [9.17, 15) is 4.79 Å². The predicted molar refractivity (Wildman–Crippen MR) is 76.0 cm³/mol. The van der Waals surface area contributed by atoms with Crippen molar-refractivity contribution in [3.63, 3.8) is 0 Å². The molecule has 0 aliphatic rings. The van der Waals surface area contributed by atoms with Crippen molar-refractivity contribution in [3.05, 3.63) is 48.0 Å². The van der Waals surface area contributed by atoms with Crippen molar-refractivity contribution in [1.82, 2.24) is 5.32 Å². The molecule has 0 aromatic heterocycles. The average molecular weight is 241 g/mol. The molecule has 94 valence electrons. The van der Waals surface area contributed by atoms with Gasteiger partial charge in [-0.1, -0.05) is 43.3 Å². The van der Waals surface area contributed by atoms with E-state index in [0.717, 1.165) is 17.4 Å². The van der Waals surface area contributed by atoms with Crippen LogP contribution < -0.4 is 5.32 Å². The minimum atomic E-state index is 0.154. The standard InChI is InChI=1S/C16H19NO/c1-3-12(2)17-11-16(18)15-9-8-13-6-4-5-7-14(13)10-15/h4-10,12,17H,3,11H2,1-2H3. The van der Waals surface area contributed by atoms with Crippen molar-refractivity contribution in [3.8, 4) is 0 Å². The zero-order valence-electron chi connectivity index (χ0n) is 10.9. The minimum absolute atomic E-state index is 0.154. The molecule has 0 radical (unpaired) electrons. The van der Waals surface area contributed by atoms with Crippen LogP contribution in [0.3, 0.4) is 0 Å². The quantitative estimate of drug-likeness (QED) is 0.813. The van der Waals surface area contributed by atoms with Crippen LogP contribution in [0, 0.1) is 0 Å². The van der Waals surface area contributed by atoms with Gasteiger partial charge in [-0.25, -0.2) is 0 Å².